The fourth-order valence-electron chi connectivity index (χ4n) is 4.99. The van der Waals surface area contributed by atoms with E-state index in [0.29, 0.717) is 24.7 Å². The van der Waals surface area contributed by atoms with Crippen LogP contribution in [0.4, 0.5) is 16.4 Å². The van der Waals surface area contributed by atoms with Crippen LogP contribution in [0, 0.1) is 0 Å². The Bertz CT molecular complexity index is 894. The maximum Gasteiger partial charge on any atom is 0.322 e. The average molecular weight is 425 g/mol. The van der Waals surface area contributed by atoms with Gasteiger partial charge >= 0.3 is 6.03 Å². The molecule has 0 bridgehead atoms. The number of anilines is 2. The van der Waals surface area contributed by atoms with E-state index < -0.39 is 0 Å². The highest BCUT2D eigenvalue weighted by Crippen LogP contribution is 2.46. The van der Waals surface area contributed by atoms with Crippen molar-refractivity contribution < 1.29 is 9.90 Å². The van der Waals surface area contributed by atoms with E-state index in [9.17, 15) is 4.79 Å². The van der Waals surface area contributed by atoms with Crippen molar-refractivity contribution in [2.24, 2.45) is 0 Å². The number of hydrogen-bond donors (Lipinski definition) is 2. The van der Waals surface area contributed by atoms with Crippen molar-refractivity contribution in [2.75, 3.05) is 50.6 Å². The summed E-state index contributed by atoms with van der Waals surface area (Å²) in [6, 6.07) is 10.6. The zero-order valence-electron chi connectivity index (χ0n) is 18.6. The predicted octanol–water partition coefficient (Wildman–Crippen LogP) is 2.20. The molecule has 8 nitrogen and oxygen atoms in total. The smallest absolute Gasteiger partial charge is 0.322 e. The number of urea groups is 1. The molecule has 1 saturated heterocycles. The molecule has 4 rings (SSSR count). The van der Waals surface area contributed by atoms with E-state index in [0.717, 1.165) is 25.7 Å². The van der Waals surface area contributed by atoms with Gasteiger partial charge in [-0.2, -0.15) is 0 Å². The lowest BCUT2D eigenvalue weighted by molar-refractivity contribution is 0.0658. The van der Waals surface area contributed by atoms with Crippen LogP contribution in [-0.4, -0.2) is 72.4 Å². The second kappa shape index (κ2) is 8.43. The molecule has 2 heterocycles. The molecule has 2 aromatic rings. The second-order valence-corrected chi connectivity index (χ2v) is 8.98. The summed E-state index contributed by atoms with van der Waals surface area (Å²) in [6.07, 6.45) is 7.18. The monoisotopic (exact) mass is 424 g/mol. The highest BCUT2D eigenvalue weighted by atomic mass is 16.3. The number of aliphatic hydroxyl groups is 1. The maximum atomic E-state index is 12.8. The summed E-state index contributed by atoms with van der Waals surface area (Å²) in [6.45, 7) is 1.12. The van der Waals surface area contributed by atoms with Crippen molar-refractivity contribution >= 4 is 17.7 Å². The number of hydrogen-bond acceptors (Lipinski definition) is 6. The Labute approximate surface area is 183 Å². The normalized spacial score (nSPS) is 25.8. The molecule has 1 aromatic carbocycles. The number of aliphatic hydroxyl groups excluding tert-OH is 1. The summed E-state index contributed by atoms with van der Waals surface area (Å²) >= 11 is 0. The lowest BCUT2D eigenvalue weighted by atomic mass is 9.69. The third-order valence-electron chi connectivity index (χ3n) is 6.99. The van der Waals surface area contributed by atoms with Crippen molar-refractivity contribution in [3.05, 3.63) is 48.3 Å². The number of likely N-dealkylation sites (N-methyl/N-ethyl adjacent to an activating group) is 1. The molecule has 1 aliphatic carbocycles. The number of aromatic nitrogens is 2. The van der Waals surface area contributed by atoms with Gasteiger partial charge in [0.2, 0.25) is 5.95 Å². The zero-order valence-corrected chi connectivity index (χ0v) is 18.6. The fraction of sp³-hybridized carbons (Fsp3) is 0.522. The van der Waals surface area contributed by atoms with Crippen LogP contribution in [0.25, 0.3) is 0 Å². The van der Waals surface area contributed by atoms with E-state index in [1.807, 2.05) is 7.05 Å². The van der Waals surface area contributed by atoms with Crippen molar-refractivity contribution in [3.63, 3.8) is 0 Å². The van der Waals surface area contributed by atoms with Gasteiger partial charge in [-0.15, -0.1) is 0 Å². The van der Waals surface area contributed by atoms with Crippen molar-refractivity contribution in [3.8, 4) is 0 Å². The third kappa shape index (κ3) is 3.97. The number of nitrogens with zero attached hydrogens (tertiary/aromatic N) is 5. The molecule has 1 aromatic heterocycles. The van der Waals surface area contributed by atoms with Gasteiger partial charge in [-0.25, -0.2) is 14.8 Å². The number of nitrogens with one attached hydrogen (secondary N) is 1. The van der Waals surface area contributed by atoms with Crippen LogP contribution in [0.3, 0.4) is 0 Å². The Kier molecular flexibility index (Phi) is 5.85. The van der Waals surface area contributed by atoms with E-state index in [2.05, 4.69) is 64.6 Å². The SMILES string of the molecule is CN(CCO)c1ncc(N2C[C@]3(CC[C@](c4ccccc4)(N(C)C)CC3)NC2=O)cn1. The van der Waals surface area contributed by atoms with Crippen molar-refractivity contribution in [2.45, 2.75) is 36.8 Å². The molecule has 1 aliphatic heterocycles. The Balaban J connectivity index is 1.48. The predicted molar refractivity (Wildman–Crippen MR) is 121 cm³/mol. The topological polar surface area (TPSA) is 84.8 Å². The molecule has 2 fully saturated rings. The highest BCUT2D eigenvalue weighted by molar-refractivity contribution is 5.95. The van der Waals surface area contributed by atoms with Gasteiger partial charge < -0.3 is 15.3 Å². The van der Waals surface area contributed by atoms with Crippen LogP contribution < -0.4 is 15.1 Å². The molecule has 2 amide bonds. The van der Waals surface area contributed by atoms with Crippen LogP contribution in [0.15, 0.2) is 42.7 Å². The first-order chi connectivity index (χ1) is 14.9. The Morgan fingerprint density at radius 1 is 1.06 bits per heavy atom. The number of rotatable bonds is 6. The number of carbonyl (C=O) groups excluding carboxylic acids is 1. The van der Waals surface area contributed by atoms with Crippen LogP contribution >= 0.6 is 0 Å². The molecule has 31 heavy (non-hydrogen) atoms. The molecule has 1 spiro atoms. The lowest BCUT2D eigenvalue weighted by Gasteiger charge is -2.48. The van der Waals surface area contributed by atoms with Gasteiger partial charge in [0.05, 0.1) is 36.8 Å². The first kappa shape index (κ1) is 21.5. The zero-order chi connectivity index (χ0) is 22.1. The third-order valence-corrected chi connectivity index (χ3v) is 6.99. The Morgan fingerprint density at radius 2 is 1.71 bits per heavy atom. The molecule has 8 heteroatoms. The van der Waals surface area contributed by atoms with Gasteiger partial charge in [0.15, 0.2) is 0 Å². The van der Waals surface area contributed by atoms with Crippen LogP contribution in [0.1, 0.15) is 31.2 Å². The summed E-state index contributed by atoms with van der Waals surface area (Å²) in [7, 11) is 6.13. The average Bonchev–Trinajstić information content (AvgIpc) is 3.11. The summed E-state index contributed by atoms with van der Waals surface area (Å²) < 4.78 is 0. The van der Waals surface area contributed by atoms with E-state index in [1.165, 1.54) is 5.56 Å². The number of benzene rings is 1. The van der Waals surface area contributed by atoms with E-state index in [1.54, 1.807) is 22.2 Å². The molecule has 2 N–H and O–H groups in total. The van der Waals surface area contributed by atoms with E-state index in [4.69, 9.17) is 5.11 Å². The summed E-state index contributed by atoms with van der Waals surface area (Å²) in [5.74, 6) is 0.531. The van der Waals surface area contributed by atoms with E-state index >= 15 is 0 Å². The number of amides is 2. The number of carbonyl (C=O) groups is 1. The highest BCUT2D eigenvalue weighted by Gasteiger charge is 2.50. The van der Waals surface area contributed by atoms with Gasteiger partial charge in [-0.3, -0.25) is 9.80 Å². The van der Waals surface area contributed by atoms with Gasteiger partial charge in [-0.05, 0) is 45.3 Å². The van der Waals surface area contributed by atoms with Crippen LogP contribution in [0.5, 0.6) is 0 Å². The largest absolute Gasteiger partial charge is 0.395 e. The minimum Gasteiger partial charge on any atom is -0.395 e. The molecule has 1 saturated carbocycles. The van der Waals surface area contributed by atoms with E-state index in [-0.39, 0.29) is 23.7 Å². The van der Waals surface area contributed by atoms with Crippen molar-refractivity contribution in [1.29, 1.82) is 0 Å². The quantitative estimate of drug-likeness (QED) is 0.740. The van der Waals surface area contributed by atoms with Gasteiger partial charge in [0.1, 0.15) is 0 Å². The lowest BCUT2D eigenvalue weighted by Crippen LogP contribution is -2.54. The van der Waals surface area contributed by atoms with Crippen LogP contribution in [0.2, 0.25) is 0 Å². The molecule has 0 radical (unpaired) electrons. The Hall–Kier alpha value is -2.71. The Morgan fingerprint density at radius 3 is 2.29 bits per heavy atom. The van der Waals surface area contributed by atoms with Gasteiger partial charge in [-0.1, -0.05) is 30.3 Å². The molecular formula is C23H32N6O2. The second-order valence-electron chi connectivity index (χ2n) is 8.98. The van der Waals surface area contributed by atoms with Gasteiger partial charge in [0, 0.05) is 19.1 Å². The molecule has 0 unspecified atom stereocenters. The first-order valence-electron chi connectivity index (χ1n) is 10.9. The first-order valence-corrected chi connectivity index (χ1v) is 10.9. The summed E-state index contributed by atoms with van der Waals surface area (Å²) in [5.41, 5.74) is 1.81. The fourth-order valence-corrected chi connectivity index (χ4v) is 4.99. The molecule has 2 aliphatic rings. The molecule has 166 valence electrons. The molecular weight excluding hydrogens is 392 g/mol. The minimum absolute atomic E-state index is 0.00723. The van der Waals surface area contributed by atoms with Crippen LogP contribution in [-0.2, 0) is 5.54 Å². The van der Waals surface area contributed by atoms with Gasteiger partial charge in [0.25, 0.3) is 0 Å². The summed E-state index contributed by atoms with van der Waals surface area (Å²) in [4.78, 5) is 27.4. The van der Waals surface area contributed by atoms with Crippen molar-refractivity contribution in [1.82, 2.24) is 20.2 Å². The minimum atomic E-state index is -0.224. The summed E-state index contributed by atoms with van der Waals surface area (Å²) in [5, 5.41) is 12.4. The standard InChI is InChI=1S/C23H32N6O2/c1-27(2)23(18-7-5-4-6-8-18)11-9-22(10-12-23)17-29(21(31)26-22)19-15-24-20(25-16-19)28(3)13-14-30/h4-8,15-16,30H,9-14,17H2,1-3H3,(H,26,31)/t22-,23+. The molecule has 0 atom stereocenters. The maximum absolute atomic E-state index is 12.8.